The SMILES string of the molecule is C[C@@H](NC(=O)CN1C(=O)N[C@@](C)(c2ccc3ccccc3c2)C1=O)c1ccc(-n2ccnc2)cc1. The molecule has 8 nitrogen and oxygen atoms in total. The molecule has 1 fully saturated rings. The predicted molar refractivity (Wildman–Crippen MR) is 132 cm³/mol. The van der Waals surface area contributed by atoms with Gasteiger partial charge in [-0.05, 0) is 53.9 Å². The third kappa shape index (κ3) is 4.14. The van der Waals surface area contributed by atoms with E-state index in [1.165, 1.54) is 0 Å². The zero-order chi connectivity index (χ0) is 24.6. The molecule has 2 atom stereocenters. The summed E-state index contributed by atoms with van der Waals surface area (Å²) < 4.78 is 1.89. The molecule has 1 aromatic heterocycles. The summed E-state index contributed by atoms with van der Waals surface area (Å²) in [6, 6.07) is 20.3. The number of imide groups is 1. The average Bonchev–Trinajstić information content (AvgIpc) is 3.48. The highest BCUT2D eigenvalue weighted by Crippen LogP contribution is 2.31. The standard InChI is InChI=1S/C27H25N5O3/c1-18(19-8-11-23(12-9-19)31-14-13-28-17-31)29-24(33)16-32-25(34)27(2,30-26(32)35)22-10-7-20-5-3-4-6-21(20)15-22/h3-15,17-18H,16H2,1-2H3,(H,29,33)(H,30,35)/t18-,27+/m1/s1. The number of hydrogen-bond acceptors (Lipinski definition) is 4. The van der Waals surface area contributed by atoms with E-state index in [9.17, 15) is 14.4 Å². The van der Waals surface area contributed by atoms with Crippen molar-refractivity contribution >= 4 is 28.6 Å². The second kappa shape index (κ2) is 8.72. The Morgan fingerprint density at radius 3 is 2.51 bits per heavy atom. The zero-order valence-electron chi connectivity index (χ0n) is 19.4. The van der Waals surface area contributed by atoms with E-state index in [1.54, 1.807) is 19.4 Å². The largest absolute Gasteiger partial charge is 0.348 e. The van der Waals surface area contributed by atoms with Gasteiger partial charge >= 0.3 is 6.03 Å². The van der Waals surface area contributed by atoms with Crippen LogP contribution >= 0.6 is 0 Å². The topological polar surface area (TPSA) is 96.3 Å². The minimum atomic E-state index is -1.24. The van der Waals surface area contributed by atoms with Crippen LogP contribution in [0.15, 0.2) is 85.5 Å². The van der Waals surface area contributed by atoms with Gasteiger partial charge in [0.15, 0.2) is 0 Å². The van der Waals surface area contributed by atoms with Crippen LogP contribution in [0.4, 0.5) is 4.79 Å². The van der Waals surface area contributed by atoms with Crippen molar-refractivity contribution in [2.24, 2.45) is 0 Å². The van der Waals surface area contributed by atoms with E-state index in [0.717, 1.165) is 26.9 Å². The highest BCUT2D eigenvalue weighted by molar-refractivity contribution is 6.09. The normalized spacial score (nSPS) is 18.5. The number of urea groups is 1. The Bertz CT molecular complexity index is 1410. The number of carbonyl (C=O) groups excluding carboxylic acids is 3. The lowest BCUT2D eigenvalue weighted by Gasteiger charge is -2.23. The smallest absolute Gasteiger partial charge is 0.325 e. The van der Waals surface area contributed by atoms with E-state index in [0.29, 0.717) is 5.56 Å². The number of fused-ring (bicyclic) bond motifs is 1. The molecule has 0 bridgehead atoms. The van der Waals surface area contributed by atoms with Gasteiger partial charge in [0.2, 0.25) is 5.91 Å². The molecular formula is C27H25N5O3. The molecule has 4 amide bonds. The Morgan fingerprint density at radius 2 is 1.80 bits per heavy atom. The summed E-state index contributed by atoms with van der Waals surface area (Å²) in [5, 5.41) is 7.66. The first kappa shape index (κ1) is 22.3. The van der Waals surface area contributed by atoms with Crippen molar-refractivity contribution in [1.82, 2.24) is 25.1 Å². The van der Waals surface area contributed by atoms with Gasteiger partial charge < -0.3 is 15.2 Å². The number of carbonyl (C=O) groups is 3. The van der Waals surface area contributed by atoms with Gasteiger partial charge in [-0.1, -0.05) is 48.5 Å². The number of nitrogens with zero attached hydrogens (tertiary/aromatic N) is 3. The van der Waals surface area contributed by atoms with E-state index in [4.69, 9.17) is 0 Å². The number of rotatable bonds is 6. The van der Waals surface area contributed by atoms with Crippen LogP contribution in [0.1, 0.15) is 31.0 Å². The maximum atomic E-state index is 13.3. The highest BCUT2D eigenvalue weighted by Gasteiger charge is 2.49. The molecule has 0 radical (unpaired) electrons. The first-order valence-electron chi connectivity index (χ1n) is 11.4. The number of aromatic nitrogens is 2. The third-order valence-electron chi connectivity index (χ3n) is 6.48. The van der Waals surface area contributed by atoms with Gasteiger partial charge in [0.1, 0.15) is 12.1 Å². The van der Waals surface area contributed by atoms with E-state index in [1.807, 2.05) is 84.4 Å². The first-order chi connectivity index (χ1) is 16.8. The van der Waals surface area contributed by atoms with E-state index in [-0.39, 0.29) is 12.6 Å². The monoisotopic (exact) mass is 467 g/mol. The Hall–Kier alpha value is -4.46. The number of amides is 4. The van der Waals surface area contributed by atoms with Gasteiger partial charge in [0.25, 0.3) is 5.91 Å². The minimum absolute atomic E-state index is 0.299. The number of benzene rings is 3. The lowest BCUT2D eigenvalue weighted by molar-refractivity contribution is -0.135. The van der Waals surface area contributed by atoms with Crippen molar-refractivity contribution < 1.29 is 14.4 Å². The van der Waals surface area contributed by atoms with Crippen molar-refractivity contribution in [3.05, 3.63) is 96.6 Å². The molecule has 3 aromatic carbocycles. The molecule has 5 rings (SSSR count). The molecule has 8 heteroatoms. The summed E-state index contributed by atoms with van der Waals surface area (Å²) in [6.45, 7) is 3.17. The van der Waals surface area contributed by atoms with Crippen LogP contribution in [0.3, 0.4) is 0 Å². The molecule has 1 aliphatic rings. The number of imidazole rings is 1. The Morgan fingerprint density at radius 1 is 1.06 bits per heavy atom. The van der Waals surface area contributed by atoms with E-state index in [2.05, 4.69) is 15.6 Å². The molecule has 2 heterocycles. The summed E-state index contributed by atoms with van der Waals surface area (Å²) in [6.07, 6.45) is 5.27. The molecule has 0 unspecified atom stereocenters. The summed E-state index contributed by atoms with van der Waals surface area (Å²) in [7, 11) is 0. The van der Waals surface area contributed by atoms with E-state index < -0.39 is 23.4 Å². The molecule has 2 N–H and O–H groups in total. The van der Waals surface area contributed by atoms with E-state index >= 15 is 0 Å². The molecule has 0 aliphatic carbocycles. The summed E-state index contributed by atoms with van der Waals surface area (Å²) in [5.41, 5.74) is 1.29. The summed E-state index contributed by atoms with van der Waals surface area (Å²) >= 11 is 0. The van der Waals surface area contributed by atoms with Crippen molar-refractivity contribution in [3.63, 3.8) is 0 Å². The molecule has 4 aromatic rings. The van der Waals surface area contributed by atoms with Gasteiger partial charge in [0, 0.05) is 18.1 Å². The van der Waals surface area contributed by atoms with Crippen LogP contribution in [-0.4, -0.2) is 38.8 Å². The molecule has 1 saturated heterocycles. The number of hydrogen-bond donors (Lipinski definition) is 2. The summed E-state index contributed by atoms with van der Waals surface area (Å²) in [5.74, 6) is -0.868. The minimum Gasteiger partial charge on any atom is -0.348 e. The van der Waals surface area contributed by atoms with Gasteiger partial charge in [0.05, 0.1) is 12.4 Å². The fourth-order valence-electron chi connectivity index (χ4n) is 4.40. The fraction of sp³-hybridized carbons (Fsp3) is 0.185. The fourth-order valence-corrected chi connectivity index (χ4v) is 4.40. The van der Waals surface area contributed by atoms with Crippen LogP contribution in [0, 0.1) is 0 Å². The molecule has 35 heavy (non-hydrogen) atoms. The Labute approximate surface area is 202 Å². The molecule has 0 spiro atoms. The summed E-state index contributed by atoms with van der Waals surface area (Å²) in [4.78, 5) is 43.7. The van der Waals surface area contributed by atoms with Crippen molar-refractivity contribution in [2.45, 2.75) is 25.4 Å². The second-order valence-corrected chi connectivity index (χ2v) is 8.86. The van der Waals surface area contributed by atoms with Gasteiger partial charge in [-0.25, -0.2) is 9.78 Å². The first-order valence-corrected chi connectivity index (χ1v) is 11.4. The Kier molecular flexibility index (Phi) is 5.56. The zero-order valence-corrected chi connectivity index (χ0v) is 19.4. The molecule has 0 saturated carbocycles. The maximum absolute atomic E-state index is 13.3. The number of nitrogens with one attached hydrogen (secondary N) is 2. The van der Waals surface area contributed by atoms with Crippen LogP contribution in [0.2, 0.25) is 0 Å². The maximum Gasteiger partial charge on any atom is 0.325 e. The molecule has 176 valence electrons. The molecule has 1 aliphatic heterocycles. The lowest BCUT2D eigenvalue weighted by atomic mass is 9.90. The third-order valence-corrected chi connectivity index (χ3v) is 6.48. The lowest BCUT2D eigenvalue weighted by Crippen LogP contribution is -2.43. The highest BCUT2D eigenvalue weighted by atomic mass is 16.2. The van der Waals surface area contributed by atoms with Gasteiger partial charge in [-0.15, -0.1) is 0 Å². The van der Waals surface area contributed by atoms with Crippen molar-refractivity contribution in [1.29, 1.82) is 0 Å². The van der Waals surface area contributed by atoms with Crippen LogP contribution < -0.4 is 10.6 Å². The predicted octanol–water partition coefficient (Wildman–Crippen LogP) is 3.67. The van der Waals surface area contributed by atoms with Crippen LogP contribution in [0.5, 0.6) is 0 Å². The van der Waals surface area contributed by atoms with Gasteiger partial charge in [-0.3, -0.25) is 14.5 Å². The van der Waals surface area contributed by atoms with Crippen LogP contribution in [-0.2, 0) is 15.1 Å². The Balaban J connectivity index is 1.26. The van der Waals surface area contributed by atoms with Gasteiger partial charge in [-0.2, -0.15) is 0 Å². The molecular weight excluding hydrogens is 442 g/mol. The van der Waals surface area contributed by atoms with Crippen molar-refractivity contribution in [2.75, 3.05) is 6.54 Å². The second-order valence-electron chi connectivity index (χ2n) is 8.86. The average molecular weight is 468 g/mol. The quantitative estimate of drug-likeness (QED) is 0.423. The van der Waals surface area contributed by atoms with Crippen molar-refractivity contribution in [3.8, 4) is 5.69 Å². The van der Waals surface area contributed by atoms with Crippen LogP contribution in [0.25, 0.3) is 16.5 Å².